The summed E-state index contributed by atoms with van der Waals surface area (Å²) in [6, 6.07) is 69.5. The van der Waals surface area contributed by atoms with Gasteiger partial charge in [0.15, 0.2) is 5.82 Å². The van der Waals surface area contributed by atoms with Crippen molar-refractivity contribution in [1.29, 1.82) is 0 Å². The maximum atomic E-state index is 5.42. The summed E-state index contributed by atoms with van der Waals surface area (Å²) in [7, 11) is 0. The molecule has 0 saturated carbocycles. The lowest BCUT2D eigenvalue weighted by molar-refractivity contribution is 1.15. The molecule has 0 atom stereocenters. The highest BCUT2D eigenvalue weighted by Crippen LogP contribution is 2.45. The van der Waals surface area contributed by atoms with Gasteiger partial charge >= 0.3 is 0 Å². The van der Waals surface area contributed by atoms with E-state index in [1.165, 1.54) is 38.2 Å². The van der Waals surface area contributed by atoms with E-state index in [2.05, 4.69) is 205 Å². The van der Waals surface area contributed by atoms with E-state index >= 15 is 0 Å². The van der Waals surface area contributed by atoms with Crippen molar-refractivity contribution in [2.45, 2.75) is 13.8 Å². The number of aryl methyl sites for hydroxylation is 2. The van der Waals surface area contributed by atoms with E-state index in [-0.39, 0.29) is 0 Å². The highest BCUT2D eigenvalue weighted by atomic mass is 15.0. The first-order valence-corrected chi connectivity index (χ1v) is 19.8. The van der Waals surface area contributed by atoms with Crippen LogP contribution in [0.3, 0.4) is 0 Å². The van der Waals surface area contributed by atoms with Gasteiger partial charge in [-0.1, -0.05) is 151 Å². The monoisotopic (exact) mass is 742 g/mol. The summed E-state index contributed by atoms with van der Waals surface area (Å²) in [5, 5.41) is 4.92. The molecule has 0 fully saturated rings. The van der Waals surface area contributed by atoms with Crippen LogP contribution in [0, 0.1) is 13.8 Å². The Morgan fingerprint density at radius 3 is 1.38 bits per heavy atom. The van der Waals surface area contributed by atoms with Gasteiger partial charge in [-0.25, -0.2) is 9.97 Å². The van der Waals surface area contributed by atoms with Crippen molar-refractivity contribution in [3.05, 3.63) is 205 Å². The first kappa shape index (κ1) is 33.8. The average molecular weight is 743 g/mol. The summed E-state index contributed by atoms with van der Waals surface area (Å²) in [6.45, 7) is 4.34. The zero-order valence-corrected chi connectivity index (χ0v) is 32.3. The Balaban J connectivity index is 1.28. The molecule has 4 nitrogen and oxygen atoms in total. The predicted octanol–water partition coefficient (Wildman–Crippen LogP) is 14.0. The van der Waals surface area contributed by atoms with Crippen molar-refractivity contribution in [3.8, 4) is 56.4 Å². The molecule has 0 bridgehead atoms. The van der Waals surface area contributed by atoms with Gasteiger partial charge in [0.25, 0.3) is 0 Å². The van der Waals surface area contributed by atoms with Crippen LogP contribution in [0.25, 0.3) is 100 Å². The van der Waals surface area contributed by atoms with E-state index in [9.17, 15) is 0 Å². The van der Waals surface area contributed by atoms with E-state index in [1.807, 2.05) is 12.1 Å². The summed E-state index contributed by atoms with van der Waals surface area (Å²) >= 11 is 0. The highest BCUT2D eigenvalue weighted by molar-refractivity contribution is 6.12. The summed E-state index contributed by atoms with van der Waals surface area (Å²) in [5.41, 5.74) is 16.2. The third-order valence-electron chi connectivity index (χ3n) is 11.5. The van der Waals surface area contributed by atoms with Crippen LogP contribution in [0.1, 0.15) is 11.1 Å². The predicted molar refractivity (Wildman–Crippen MR) is 242 cm³/mol. The highest BCUT2D eigenvalue weighted by Gasteiger charge is 2.24. The molecule has 0 N–H and O–H groups in total. The first-order valence-electron chi connectivity index (χ1n) is 19.8. The number of benzene rings is 8. The fourth-order valence-electron chi connectivity index (χ4n) is 8.85. The van der Waals surface area contributed by atoms with Crippen molar-refractivity contribution in [3.63, 3.8) is 0 Å². The smallest absolute Gasteiger partial charge is 0.161 e. The summed E-state index contributed by atoms with van der Waals surface area (Å²) in [4.78, 5) is 10.8. The molecule has 0 radical (unpaired) electrons. The lowest BCUT2D eigenvalue weighted by Gasteiger charge is -2.21. The molecule has 0 amide bonds. The van der Waals surface area contributed by atoms with Crippen molar-refractivity contribution < 1.29 is 0 Å². The average Bonchev–Trinajstić information content (AvgIpc) is 3.78. The van der Waals surface area contributed by atoms with Gasteiger partial charge in [0, 0.05) is 49.4 Å². The van der Waals surface area contributed by atoms with Crippen LogP contribution in [0.15, 0.2) is 194 Å². The number of rotatable bonds is 6. The van der Waals surface area contributed by atoms with E-state index < -0.39 is 0 Å². The fraction of sp³-hybridized carbons (Fsp3) is 0.0370. The summed E-state index contributed by atoms with van der Waals surface area (Å²) < 4.78 is 4.87. The minimum absolute atomic E-state index is 0.668. The van der Waals surface area contributed by atoms with Crippen molar-refractivity contribution >= 4 is 43.6 Å². The van der Waals surface area contributed by atoms with Crippen LogP contribution >= 0.6 is 0 Å². The minimum Gasteiger partial charge on any atom is -0.309 e. The SMILES string of the molecule is Cc1ccc2c(c1)c1ccccc1n2-c1ccccc1-c1c(-c2nc(-c3ccccc3)cc(-c3ccccc3)n2)cccc1-n1c2ccccc2c2cc(C)ccc21. The Hall–Kier alpha value is -7.56. The lowest BCUT2D eigenvalue weighted by atomic mass is 9.94. The summed E-state index contributed by atoms with van der Waals surface area (Å²) in [5.74, 6) is 0.668. The standard InChI is InChI=1S/C54H38N4/c1-35-28-30-50-43(32-35)39-20-9-12-24-47(39)57(50)49-26-14-11-22-41(49)53-42(54-55-45(37-16-5-3-6-17-37)34-46(56-54)38-18-7-4-8-19-38)23-15-27-52(53)58-48-25-13-10-21-40(48)44-33-36(2)29-31-51(44)58/h3-34H,1-2H3. The number of para-hydroxylation sites is 3. The van der Waals surface area contributed by atoms with Crippen LogP contribution in [0.4, 0.5) is 0 Å². The van der Waals surface area contributed by atoms with Gasteiger partial charge < -0.3 is 9.13 Å². The molecule has 58 heavy (non-hydrogen) atoms. The second-order valence-electron chi connectivity index (χ2n) is 15.2. The Morgan fingerprint density at radius 2 is 0.793 bits per heavy atom. The molecule has 0 aliphatic carbocycles. The molecule has 3 heterocycles. The normalized spacial score (nSPS) is 11.6. The second kappa shape index (κ2) is 13.6. The molecular formula is C54H38N4. The first-order chi connectivity index (χ1) is 28.6. The van der Waals surface area contributed by atoms with Gasteiger partial charge in [0.2, 0.25) is 0 Å². The van der Waals surface area contributed by atoms with Crippen LogP contribution in [0.5, 0.6) is 0 Å². The van der Waals surface area contributed by atoms with E-state index in [4.69, 9.17) is 9.97 Å². The molecule has 0 spiro atoms. The van der Waals surface area contributed by atoms with Gasteiger partial charge in [-0.15, -0.1) is 0 Å². The van der Waals surface area contributed by atoms with E-state index in [1.54, 1.807) is 0 Å². The van der Waals surface area contributed by atoms with Crippen molar-refractivity contribution in [2.75, 3.05) is 0 Å². The molecule has 0 saturated heterocycles. The number of hydrogen-bond acceptors (Lipinski definition) is 2. The van der Waals surface area contributed by atoms with Crippen LogP contribution in [-0.4, -0.2) is 19.1 Å². The maximum absolute atomic E-state index is 5.42. The fourth-order valence-corrected chi connectivity index (χ4v) is 8.85. The quantitative estimate of drug-likeness (QED) is 0.170. The number of hydrogen-bond donors (Lipinski definition) is 0. The van der Waals surface area contributed by atoms with Gasteiger partial charge in [0.05, 0.1) is 44.8 Å². The molecule has 4 heteroatoms. The Bertz CT molecular complexity index is 3300. The molecule has 3 aromatic heterocycles. The zero-order valence-electron chi connectivity index (χ0n) is 32.3. The van der Waals surface area contributed by atoms with Gasteiger partial charge in [-0.3, -0.25) is 0 Å². The molecule has 0 aliphatic heterocycles. The minimum atomic E-state index is 0.668. The molecule has 0 aliphatic rings. The van der Waals surface area contributed by atoms with Crippen LogP contribution in [0.2, 0.25) is 0 Å². The molecule has 0 unspecified atom stereocenters. The topological polar surface area (TPSA) is 35.6 Å². The Morgan fingerprint density at radius 1 is 0.345 bits per heavy atom. The van der Waals surface area contributed by atoms with Gasteiger partial charge in [-0.05, 0) is 68.4 Å². The Labute approximate surface area is 337 Å². The second-order valence-corrected chi connectivity index (χ2v) is 15.2. The third kappa shape index (κ3) is 5.45. The van der Waals surface area contributed by atoms with Gasteiger partial charge in [0.1, 0.15) is 0 Å². The van der Waals surface area contributed by atoms with Gasteiger partial charge in [-0.2, -0.15) is 0 Å². The maximum Gasteiger partial charge on any atom is 0.161 e. The lowest BCUT2D eigenvalue weighted by Crippen LogP contribution is -2.04. The van der Waals surface area contributed by atoms with Crippen molar-refractivity contribution in [1.82, 2.24) is 19.1 Å². The number of nitrogens with zero attached hydrogens (tertiary/aromatic N) is 4. The molecule has 8 aromatic carbocycles. The third-order valence-corrected chi connectivity index (χ3v) is 11.5. The van der Waals surface area contributed by atoms with Crippen LogP contribution < -0.4 is 0 Å². The van der Waals surface area contributed by atoms with E-state index in [0.29, 0.717) is 5.82 Å². The zero-order chi connectivity index (χ0) is 38.7. The summed E-state index contributed by atoms with van der Waals surface area (Å²) in [6.07, 6.45) is 0. The largest absolute Gasteiger partial charge is 0.309 e. The molecule has 11 aromatic rings. The molecular weight excluding hydrogens is 705 g/mol. The Kier molecular flexibility index (Phi) is 7.90. The number of fused-ring (bicyclic) bond motifs is 6. The molecule has 274 valence electrons. The molecule has 11 rings (SSSR count). The van der Waals surface area contributed by atoms with E-state index in [0.717, 1.165) is 67.1 Å². The van der Waals surface area contributed by atoms with Crippen LogP contribution in [-0.2, 0) is 0 Å². The number of aromatic nitrogens is 4. The van der Waals surface area contributed by atoms with Crippen molar-refractivity contribution in [2.24, 2.45) is 0 Å².